The van der Waals surface area contributed by atoms with Gasteiger partial charge in [0.1, 0.15) is 0 Å². The molecule has 0 fully saturated rings. The molecule has 0 spiro atoms. The molecule has 3 nitrogen and oxygen atoms in total. The van der Waals surface area contributed by atoms with E-state index in [0.717, 1.165) is 39.1 Å². The van der Waals surface area contributed by atoms with E-state index in [2.05, 4.69) is 235 Å². The summed E-state index contributed by atoms with van der Waals surface area (Å²) in [6.45, 7) is 4.71. The highest BCUT2D eigenvalue weighted by atomic mass is 15.2. The highest BCUT2D eigenvalue weighted by Gasteiger charge is 2.38. The fraction of sp³-hybridized carbons (Fsp3) is 0.0714. The summed E-state index contributed by atoms with van der Waals surface area (Å²) in [5.41, 5.74) is 16.6. The average molecular weight is 757 g/mol. The van der Waals surface area contributed by atoms with Crippen molar-refractivity contribution in [1.82, 2.24) is 0 Å². The number of anilines is 3. The van der Waals surface area contributed by atoms with Gasteiger partial charge < -0.3 is 4.90 Å². The summed E-state index contributed by atoms with van der Waals surface area (Å²) in [6, 6.07) is 76.8. The van der Waals surface area contributed by atoms with E-state index in [9.17, 15) is 0 Å². The number of rotatable bonds is 7. The number of nitrogens with zero attached hydrogens (tertiary/aromatic N) is 3. The molecule has 3 heteroatoms. The second-order valence-corrected chi connectivity index (χ2v) is 16.2. The quantitative estimate of drug-likeness (QED) is 0.148. The van der Waals surface area contributed by atoms with Crippen molar-refractivity contribution < 1.29 is 4.36 Å². The van der Waals surface area contributed by atoms with Gasteiger partial charge in [0.2, 0.25) is 5.69 Å². The second kappa shape index (κ2) is 13.9. The topological polar surface area (TPSA) is 21.5 Å². The molecule has 0 amide bonds. The third-order valence-electron chi connectivity index (χ3n) is 12.4. The van der Waals surface area contributed by atoms with Gasteiger partial charge in [0, 0.05) is 34.0 Å². The zero-order valence-electron chi connectivity index (χ0n) is 33.1. The maximum Gasteiger partial charge on any atom is 0.252 e. The molecule has 1 unspecified atom stereocenters. The van der Waals surface area contributed by atoms with Gasteiger partial charge in [-0.05, 0) is 96.3 Å². The molecule has 8 aromatic carbocycles. The highest BCUT2D eigenvalue weighted by Crippen LogP contribution is 2.54. The van der Waals surface area contributed by atoms with Gasteiger partial charge in [-0.2, -0.15) is 0 Å². The van der Waals surface area contributed by atoms with Gasteiger partial charge in [-0.1, -0.05) is 178 Å². The van der Waals surface area contributed by atoms with E-state index in [1.807, 2.05) is 0 Å². The van der Waals surface area contributed by atoms with Crippen molar-refractivity contribution >= 4 is 33.4 Å². The van der Waals surface area contributed by atoms with E-state index in [0.29, 0.717) is 0 Å². The Labute approximate surface area is 345 Å². The minimum atomic E-state index is -0.187. The predicted octanol–water partition coefficient (Wildman–Crippen LogP) is 13.2. The summed E-state index contributed by atoms with van der Waals surface area (Å²) >= 11 is 0. The van der Waals surface area contributed by atoms with Gasteiger partial charge in [-0.3, -0.25) is 0 Å². The molecule has 11 rings (SSSR count). The van der Waals surface area contributed by atoms with E-state index in [-0.39, 0.29) is 11.5 Å². The lowest BCUT2D eigenvalue weighted by Gasteiger charge is -2.29. The van der Waals surface area contributed by atoms with Crippen LogP contribution >= 0.6 is 0 Å². The summed E-state index contributed by atoms with van der Waals surface area (Å²) in [6.07, 6.45) is 0. The third kappa shape index (κ3) is 5.73. The Morgan fingerprint density at radius 3 is 1.78 bits per heavy atom. The van der Waals surface area contributed by atoms with Crippen LogP contribution in [0.4, 0.5) is 17.1 Å². The van der Waals surface area contributed by atoms with Crippen LogP contribution in [0.5, 0.6) is 0 Å². The molecule has 0 saturated carbocycles. The maximum atomic E-state index is 5.59. The Kier molecular flexibility index (Phi) is 8.23. The van der Waals surface area contributed by atoms with E-state index >= 15 is 0 Å². The second-order valence-electron chi connectivity index (χ2n) is 16.2. The van der Waals surface area contributed by atoms with E-state index in [1.165, 1.54) is 55.5 Å². The van der Waals surface area contributed by atoms with Crippen LogP contribution in [0, 0.1) is 0 Å². The fourth-order valence-electron chi connectivity index (χ4n) is 9.52. The summed E-state index contributed by atoms with van der Waals surface area (Å²) in [5.74, 6) is 0. The molecule has 2 heterocycles. The molecule has 0 radical (unpaired) electrons. The van der Waals surface area contributed by atoms with E-state index in [4.69, 9.17) is 5.11 Å². The van der Waals surface area contributed by atoms with Crippen LogP contribution in [0.2, 0.25) is 0 Å². The summed E-state index contributed by atoms with van der Waals surface area (Å²) < 4.78 is 2.22. The Hall–Kier alpha value is -7.36. The van der Waals surface area contributed by atoms with Crippen molar-refractivity contribution in [2.75, 3.05) is 4.90 Å². The van der Waals surface area contributed by atoms with Crippen molar-refractivity contribution in [3.63, 3.8) is 0 Å². The minimum absolute atomic E-state index is 0.132. The van der Waals surface area contributed by atoms with Crippen LogP contribution in [0.25, 0.3) is 49.9 Å². The molecule has 2 aliphatic rings. The van der Waals surface area contributed by atoms with Crippen molar-refractivity contribution in [1.29, 1.82) is 0 Å². The first kappa shape index (κ1) is 34.9. The zero-order valence-corrected chi connectivity index (χ0v) is 33.1. The molecule has 9 aromatic rings. The van der Waals surface area contributed by atoms with Crippen molar-refractivity contribution in [2.45, 2.75) is 25.3 Å². The molecular weight excluding hydrogens is 715 g/mol. The SMILES string of the molecule is CC1(C)c2ccccc2-c2c(N(c3ccc(-c4ccccc4)cc3)c3ccc4cc(-c5ccccc5)[n+]5c(c4c3)=C(c3ccccc3)C(c3ccccc3)N=5)cccc21. The van der Waals surface area contributed by atoms with Gasteiger partial charge in [0.15, 0.2) is 6.04 Å². The smallest absolute Gasteiger partial charge is 0.252 e. The van der Waals surface area contributed by atoms with E-state index < -0.39 is 0 Å². The first-order valence-corrected chi connectivity index (χ1v) is 20.5. The number of hydrogen-bond donors (Lipinski definition) is 0. The molecule has 1 aliphatic heterocycles. The zero-order chi connectivity index (χ0) is 39.5. The van der Waals surface area contributed by atoms with Crippen LogP contribution < -0.4 is 14.6 Å². The minimum Gasteiger partial charge on any atom is -0.310 e. The Balaban J connectivity index is 1.22. The largest absolute Gasteiger partial charge is 0.310 e. The maximum absolute atomic E-state index is 5.59. The number of pyridine rings is 1. The van der Waals surface area contributed by atoms with Crippen LogP contribution in [0.15, 0.2) is 217 Å². The third-order valence-corrected chi connectivity index (χ3v) is 12.4. The average Bonchev–Trinajstić information content (AvgIpc) is 3.82. The molecule has 0 saturated heterocycles. The summed E-state index contributed by atoms with van der Waals surface area (Å²) in [7, 11) is 0. The molecule has 59 heavy (non-hydrogen) atoms. The van der Waals surface area contributed by atoms with Crippen molar-refractivity contribution in [3.8, 4) is 33.5 Å². The standard InChI is InChI=1S/C56H42N3/c1-56(2)48-27-16-15-26-46(48)53-49(56)28-17-29-50(53)58(44-33-30-39(31-34-44)38-18-7-3-8-19-38)45-35-32-43-36-51(40-20-9-4-10-21-40)59-55(47(43)37-45)52(41-22-11-5-12-23-41)54(57-59)42-24-13-6-14-25-42/h3-37,54H,1-2H3/q+1. The van der Waals surface area contributed by atoms with Gasteiger partial charge in [0.25, 0.3) is 5.35 Å². The van der Waals surface area contributed by atoms with Crippen molar-refractivity contribution in [3.05, 3.63) is 240 Å². The van der Waals surface area contributed by atoms with Crippen LogP contribution in [-0.2, 0) is 5.41 Å². The molecular formula is C56H42N3+. The number of aromatic nitrogens is 1. The normalized spacial score (nSPS) is 14.7. The first-order valence-electron chi connectivity index (χ1n) is 20.5. The van der Waals surface area contributed by atoms with Crippen molar-refractivity contribution in [2.24, 2.45) is 5.11 Å². The lowest BCUT2D eigenvalue weighted by Crippen LogP contribution is -2.38. The molecule has 280 valence electrons. The number of benzene rings is 8. The lowest BCUT2D eigenvalue weighted by atomic mass is 9.82. The summed E-state index contributed by atoms with van der Waals surface area (Å²) in [4.78, 5) is 2.47. The van der Waals surface area contributed by atoms with Crippen LogP contribution in [0.3, 0.4) is 0 Å². The molecule has 1 aliphatic carbocycles. The van der Waals surface area contributed by atoms with Gasteiger partial charge >= 0.3 is 0 Å². The predicted molar refractivity (Wildman–Crippen MR) is 243 cm³/mol. The van der Waals surface area contributed by atoms with Gasteiger partial charge in [-0.15, -0.1) is 0 Å². The molecule has 1 aromatic heterocycles. The lowest BCUT2D eigenvalue weighted by molar-refractivity contribution is -0.546. The van der Waals surface area contributed by atoms with E-state index in [1.54, 1.807) is 0 Å². The van der Waals surface area contributed by atoms with Gasteiger partial charge in [-0.25, -0.2) is 0 Å². The molecule has 0 bridgehead atoms. The Morgan fingerprint density at radius 2 is 1.07 bits per heavy atom. The monoisotopic (exact) mass is 756 g/mol. The Bertz CT molecular complexity index is 3160. The molecule has 1 atom stereocenters. The first-order chi connectivity index (χ1) is 29.0. The Morgan fingerprint density at radius 1 is 0.492 bits per heavy atom. The highest BCUT2D eigenvalue weighted by molar-refractivity contribution is 5.98. The fourth-order valence-corrected chi connectivity index (χ4v) is 9.52. The molecule has 0 N–H and O–H groups in total. The summed E-state index contributed by atoms with van der Waals surface area (Å²) in [5, 5.41) is 9.03. The number of hydrogen-bond acceptors (Lipinski definition) is 2. The van der Waals surface area contributed by atoms with Crippen LogP contribution in [-0.4, -0.2) is 0 Å². The van der Waals surface area contributed by atoms with Gasteiger partial charge in [0.05, 0.1) is 16.6 Å². The van der Waals surface area contributed by atoms with Crippen LogP contribution in [0.1, 0.15) is 42.1 Å². The number of fused-ring (bicyclic) bond motifs is 6.